The van der Waals surface area contributed by atoms with Gasteiger partial charge in [0.05, 0.1) is 25.2 Å². The van der Waals surface area contributed by atoms with E-state index >= 15 is 0 Å². The number of nitrogens with one attached hydrogen (secondary N) is 1. The van der Waals surface area contributed by atoms with E-state index in [9.17, 15) is 9.18 Å². The molecule has 2 aromatic rings. The highest BCUT2D eigenvalue weighted by atomic mass is 19.1. The lowest BCUT2D eigenvalue weighted by Gasteiger charge is -2.06. The first-order valence-electron chi connectivity index (χ1n) is 5.32. The van der Waals surface area contributed by atoms with Crippen molar-refractivity contribution in [3.63, 3.8) is 0 Å². The van der Waals surface area contributed by atoms with Crippen molar-refractivity contribution in [1.82, 2.24) is 15.4 Å². The number of halogens is 1. The Bertz CT molecular complexity index is 618. The van der Waals surface area contributed by atoms with Gasteiger partial charge in [0.25, 0.3) is 5.91 Å². The van der Waals surface area contributed by atoms with Crippen molar-refractivity contribution >= 4 is 5.91 Å². The van der Waals surface area contributed by atoms with Crippen molar-refractivity contribution in [3.8, 4) is 17.0 Å². The molecule has 2 rings (SSSR count). The molecule has 0 unspecified atom stereocenters. The van der Waals surface area contributed by atoms with Crippen LogP contribution >= 0.6 is 0 Å². The number of carbonyl (C=O) groups excluding carboxylic acids is 1. The number of carbonyl (C=O) groups is 1. The molecule has 98 valence electrons. The molecule has 0 aliphatic carbocycles. The average Bonchev–Trinajstić information content (AvgIpc) is 2.46. The third-order valence-electron chi connectivity index (χ3n) is 2.45. The van der Waals surface area contributed by atoms with E-state index in [-0.39, 0.29) is 17.0 Å². The Morgan fingerprint density at radius 1 is 1.42 bits per heavy atom. The van der Waals surface area contributed by atoms with Gasteiger partial charge in [0.1, 0.15) is 17.3 Å². The van der Waals surface area contributed by atoms with Gasteiger partial charge in [-0.3, -0.25) is 15.2 Å². The number of amides is 1. The monoisotopic (exact) mass is 262 g/mol. The molecule has 0 saturated carbocycles. The minimum absolute atomic E-state index is 0.00946. The third-order valence-corrected chi connectivity index (χ3v) is 2.45. The largest absolute Gasteiger partial charge is 0.497 e. The quantitative estimate of drug-likeness (QED) is 0.487. The highest BCUT2D eigenvalue weighted by molar-refractivity contribution is 5.91. The molecule has 0 saturated heterocycles. The second kappa shape index (κ2) is 5.40. The number of nitrogen functional groups attached to an aromatic ring is 1. The molecule has 1 aromatic heterocycles. The Morgan fingerprint density at radius 3 is 2.84 bits per heavy atom. The standard InChI is InChI=1S/C12H11FN4O2/c1-19-7-2-3-8(9(13)4-7)10-5-15-6-11(16-10)12(18)17-14/h2-6H,14H2,1H3,(H,17,18). The summed E-state index contributed by atoms with van der Waals surface area (Å²) in [6.45, 7) is 0. The van der Waals surface area contributed by atoms with Gasteiger partial charge in [-0.25, -0.2) is 15.2 Å². The van der Waals surface area contributed by atoms with E-state index in [1.54, 1.807) is 6.07 Å². The summed E-state index contributed by atoms with van der Waals surface area (Å²) in [4.78, 5) is 19.2. The summed E-state index contributed by atoms with van der Waals surface area (Å²) in [7, 11) is 1.44. The van der Waals surface area contributed by atoms with Crippen LogP contribution in [0.4, 0.5) is 4.39 Å². The second-order valence-electron chi connectivity index (χ2n) is 3.61. The first kappa shape index (κ1) is 12.9. The number of hydrogen-bond acceptors (Lipinski definition) is 5. The molecular weight excluding hydrogens is 251 g/mol. The molecule has 0 fully saturated rings. The minimum atomic E-state index is -0.594. The van der Waals surface area contributed by atoms with Gasteiger partial charge >= 0.3 is 0 Å². The summed E-state index contributed by atoms with van der Waals surface area (Å²) < 4.78 is 18.8. The van der Waals surface area contributed by atoms with Crippen LogP contribution in [-0.4, -0.2) is 23.0 Å². The summed E-state index contributed by atoms with van der Waals surface area (Å²) in [5.74, 6) is 4.29. The number of benzene rings is 1. The van der Waals surface area contributed by atoms with Crippen LogP contribution in [0.15, 0.2) is 30.6 Å². The number of hydrazine groups is 1. The number of rotatable bonds is 3. The number of nitrogens with zero attached hydrogens (tertiary/aromatic N) is 2. The topological polar surface area (TPSA) is 90.1 Å². The van der Waals surface area contributed by atoms with E-state index < -0.39 is 11.7 Å². The molecular formula is C12H11FN4O2. The van der Waals surface area contributed by atoms with Gasteiger partial charge in [-0.05, 0) is 12.1 Å². The highest BCUT2D eigenvalue weighted by Crippen LogP contribution is 2.24. The lowest BCUT2D eigenvalue weighted by atomic mass is 10.1. The summed E-state index contributed by atoms with van der Waals surface area (Å²) in [6.07, 6.45) is 2.60. The van der Waals surface area contributed by atoms with Crippen LogP contribution in [-0.2, 0) is 0 Å². The smallest absolute Gasteiger partial charge is 0.285 e. The van der Waals surface area contributed by atoms with Gasteiger partial charge in [-0.15, -0.1) is 0 Å². The molecule has 1 amide bonds. The van der Waals surface area contributed by atoms with E-state index in [0.29, 0.717) is 5.75 Å². The Labute approximate surface area is 108 Å². The molecule has 6 nitrogen and oxygen atoms in total. The zero-order chi connectivity index (χ0) is 13.8. The molecule has 0 atom stereocenters. The predicted molar refractivity (Wildman–Crippen MR) is 65.6 cm³/mol. The van der Waals surface area contributed by atoms with Crippen LogP contribution in [0, 0.1) is 5.82 Å². The average molecular weight is 262 g/mol. The van der Waals surface area contributed by atoms with Crippen molar-refractivity contribution in [3.05, 3.63) is 42.1 Å². The SMILES string of the molecule is COc1ccc(-c2cncc(C(=O)NN)n2)c(F)c1. The third kappa shape index (κ3) is 2.66. The van der Waals surface area contributed by atoms with Crippen molar-refractivity contribution in [2.45, 2.75) is 0 Å². The van der Waals surface area contributed by atoms with Crippen LogP contribution in [0.25, 0.3) is 11.3 Å². The van der Waals surface area contributed by atoms with Crippen LogP contribution in [0.3, 0.4) is 0 Å². The lowest BCUT2D eigenvalue weighted by molar-refractivity contribution is 0.0948. The predicted octanol–water partition coefficient (Wildman–Crippen LogP) is 0.895. The van der Waals surface area contributed by atoms with E-state index in [1.807, 2.05) is 5.43 Å². The molecule has 0 radical (unpaired) electrons. The maximum absolute atomic E-state index is 13.9. The molecule has 0 aliphatic rings. The molecule has 0 aliphatic heterocycles. The van der Waals surface area contributed by atoms with E-state index in [4.69, 9.17) is 10.6 Å². The summed E-state index contributed by atoms with van der Waals surface area (Å²) >= 11 is 0. The van der Waals surface area contributed by atoms with Gasteiger partial charge in [-0.2, -0.15) is 0 Å². The van der Waals surface area contributed by atoms with Crippen molar-refractivity contribution in [1.29, 1.82) is 0 Å². The van der Waals surface area contributed by atoms with Crippen molar-refractivity contribution in [2.24, 2.45) is 5.84 Å². The zero-order valence-electron chi connectivity index (χ0n) is 10.1. The number of methoxy groups -OCH3 is 1. The Kier molecular flexibility index (Phi) is 3.67. The summed E-state index contributed by atoms with van der Waals surface area (Å²) in [6, 6.07) is 4.32. The molecule has 19 heavy (non-hydrogen) atoms. The lowest BCUT2D eigenvalue weighted by Crippen LogP contribution is -2.30. The second-order valence-corrected chi connectivity index (χ2v) is 3.61. The molecule has 7 heteroatoms. The number of aromatic nitrogens is 2. The van der Waals surface area contributed by atoms with Crippen LogP contribution < -0.4 is 16.0 Å². The first-order chi connectivity index (χ1) is 9.15. The van der Waals surface area contributed by atoms with Gasteiger partial charge in [0, 0.05) is 11.6 Å². The van der Waals surface area contributed by atoms with Crippen molar-refractivity contribution < 1.29 is 13.9 Å². The molecule has 0 spiro atoms. The van der Waals surface area contributed by atoms with Crippen LogP contribution in [0.1, 0.15) is 10.5 Å². The van der Waals surface area contributed by atoms with Crippen molar-refractivity contribution in [2.75, 3.05) is 7.11 Å². The fourth-order valence-corrected chi connectivity index (χ4v) is 1.51. The Hall–Kier alpha value is -2.54. The van der Waals surface area contributed by atoms with Gasteiger partial charge in [0.15, 0.2) is 0 Å². The van der Waals surface area contributed by atoms with E-state index in [0.717, 1.165) is 0 Å². The summed E-state index contributed by atoms with van der Waals surface area (Å²) in [5, 5.41) is 0. The van der Waals surface area contributed by atoms with E-state index in [2.05, 4.69) is 9.97 Å². The Balaban J connectivity index is 2.44. The summed E-state index contributed by atoms with van der Waals surface area (Å²) in [5.41, 5.74) is 2.41. The normalized spacial score (nSPS) is 10.1. The van der Waals surface area contributed by atoms with Crippen LogP contribution in [0.2, 0.25) is 0 Å². The molecule has 1 heterocycles. The number of hydrogen-bond donors (Lipinski definition) is 2. The van der Waals surface area contributed by atoms with Gasteiger partial charge in [-0.1, -0.05) is 0 Å². The minimum Gasteiger partial charge on any atom is -0.497 e. The van der Waals surface area contributed by atoms with Gasteiger partial charge < -0.3 is 4.74 Å². The fraction of sp³-hybridized carbons (Fsp3) is 0.0833. The van der Waals surface area contributed by atoms with Crippen LogP contribution in [0.5, 0.6) is 5.75 Å². The maximum atomic E-state index is 13.9. The molecule has 1 aromatic carbocycles. The van der Waals surface area contributed by atoms with E-state index in [1.165, 1.54) is 31.6 Å². The number of ether oxygens (including phenoxy) is 1. The fourth-order valence-electron chi connectivity index (χ4n) is 1.51. The molecule has 3 N–H and O–H groups in total. The zero-order valence-corrected chi connectivity index (χ0v) is 10.1. The van der Waals surface area contributed by atoms with Gasteiger partial charge in [0.2, 0.25) is 0 Å². The first-order valence-corrected chi connectivity index (χ1v) is 5.32. The number of nitrogens with two attached hydrogens (primary N) is 1. The highest BCUT2D eigenvalue weighted by Gasteiger charge is 2.12. The maximum Gasteiger partial charge on any atom is 0.285 e. The molecule has 0 bridgehead atoms. The Morgan fingerprint density at radius 2 is 2.21 bits per heavy atom.